The number of rotatable bonds is 7. The minimum absolute atomic E-state index is 1.13. The quantitative estimate of drug-likeness (QED) is 0.112. The van der Waals surface area contributed by atoms with Crippen LogP contribution in [0.2, 0.25) is 0 Å². The number of para-hydroxylation sites is 4. The Morgan fingerprint density at radius 2 is 0.641 bits per heavy atom. The van der Waals surface area contributed by atoms with Crippen LogP contribution < -0.4 is 20.7 Å². The number of hydrogen-bond donors (Lipinski definition) is 0. The fraction of sp³-hybridized carbons (Fsp3) is 0. The molecule has 0 unspecified atom stereocenters. The molecular formula is C60H41N3Si. The molecule has 13 rings (SSSR count). The van der Waals surface area contributed by atoms with E-state index in [4.69, 9.17) is 0 Å². The van der Waals surface area contributed by atoms with Gasteiger partial charge in [-0.3, -0.25) is 0 Å². The third-order valence-corrected chi connectivity index (χ3v) is 18.4. The van der Waals surface area contributed by atoms with E-state index in [1.807, 2.05) is 0 Å². The lowest BCUT2D eigenvalue weighted by Crippen LogP contribution is -2.74. The number of fused-ring (bicyclic) bond motifs is 9. The van der Waals surface area contributed by atoms with Gasteiger partial charge >= 0.3 is 0 Å². The Morgan fingerprint density at radius 1 is 0.234 bits per heavy atom. The standard InChI is InChI=1S/C60H41N3Si/c1-5-20-42(21-6-1)61-55-33-18-15-30-50(55)52-40-43(37-39-56(52)61)63-57-34-19-35-59(64(45-22-7-2-8-23-45,46-24-9-3-10-25-46)47-26-11-4-12-27-47)60(57)51-38-36-44(41-58(51)63)62-53-31-16-13-28-48(53)49-29-14-17-32-54(49)62/h1-41H. The number of nitrogens with zero attached hydrogens (tertiary/aromatic N) is 3. The summed E-state index contributed by atoms with van der Waals surface area (Å²) in [7, 11) is -2.94. The second-order valence-electron chi connectivity index (χ2n) is 16.8. The molecule has 0 bridgehead atoms. The van der Waals surface area contributed by atoms with Crippen LogP contribution >= 0.6 is 0 Å². The summed E-state index contributed by atoms with van der Waals surface area (Å²) in [6.45, 7) is 0. The van der Waals surface area contributed by atoms with Crippen LogP contribution in [0.15, 0.2) is 249 Å². The van der Waals surface area contributed by atoms with E-state index in [1.54, 1.807) is 0 Å². The van der Waals surface area contributed by atoms with Gasteiger partial charge in [0.05, 0.1) is 33.1 Å². The first-order chi connectivity index (χ1) is 31.8. The van der Waals surface area contributed by atoms with E-state index in [-0.39, 0.29) is 0 Å². The summed E-state index contributed by atoms with van der Waals surface area (Å²) in [5, 5.41) is 13.0. The fourth-order valence-electron chi connectivity index (χ4n) is 11.0. The highest BCUT2D eigenvalue weighted by Crippen LogP contribution is 2.39. The fourth-order valence-corrected chi connectivity index (χ4v) is 16.0. The molecule has 13 aromatic rings. The van der Waals surface area contributed by atoms with E-state index in [1.165, 1.54) is 86.2 Å². The van der Waals surface area contributed by atoms with Gasteiger partial charge < -0.3 is 13.7 Å². The van der Waals surface area contributed by atoms with E-state index in [0.717, 1.165) is 17.1 Å². The molecule has 64 heavy (non-hydrogen) atoms. The van der Waals surface area contributed by atoms with Gasteiger partial charge in [0.1, 0.15) is 0 Å². The van der Waals surface area contributed by atoms with E-state index < -0.39 is 8.07 Å². The van der Waals surface area contributed by atoms with Crippen LogP contribution in [-0.2, 0) is 0 Å². The number of benzene rings is 10. The summed E-state index contributed by atoms with van der Waals surface area (Å²) >= 11 is 0. The van der Waals surface area contributed by atoms with Crippen molar-refractivity contribution in [2.75, 3.05) is 0 Å². The Kier molecular flexibility index (Phi) is 8.23. The van der Waals surface area contributed by atoms with Gasteiger partial charge in [0.15, 0.2) is 8.07 Å². The van der Waals surface area contributed by atoms with Crippen LogP contribution in [0.5, 0.6) is 0 Å². The van der Waals surface area contributed by atoms with Crippen LogP contribution in [0.3, 0.4) is 0 Å². The SMILES string of the molecule is c1ccc(-n2c3ccccc3c3cc(-n4c5cc(-n6c7ccccc7c7ccccc76)ccc5c5c([Si](c6ccccc6)(c6ccccc6)c6ccccc6)cccc54)ccc32)cc1. The second kappa shape index (κ2) is 14.5. The van der Waals surface area contributed by atoms with Crippen molar-refractivity contribution in [3.63, 3.8) is 0 Å². The van der Waals surface area contributed by atoms with E-state index in [2.05, 4.69) is 262 Å². The predicted molar refractivity (Wildman–Crippen MR) is 273 cm³/mol. The van der Waals surface area contributed by atoms with Gasteiger partial charge in [-0.15, -0.1) is 0 Å². The molecule has 0 radical (unpaired) electrons. The van der Waals surface area contributed by atoms with Gasteiger partial charge in [-0.2, -0.15) is 0 Å². The molecule has 3 nitrogen and oxygen atoms in total. The molecule has 3 aromatic heterocycles. The molecule has 300 valence electrons. The Labute approximate surface area is 372 Å². The molecule has 0 amide bonds. The molecule has 0 saturated heterocycles. The maximum absolute atomic E-state index is 2.94. The lowest BCUT2D eigenvalue weighted by atomic mass is 10.1. The van der Waals surface area contributed by atoms with Gasteiger partial charge in [-0.05, 0) is 87.5 Å². The zero-order valence-corrected chi connectivity index (χ0v) is 36.0. The molecule has 3 heterocycles. The third kappa shape index (κ3) is 5.27. The summed E-state index contributed by atoms with van der Waals surface area (Å²) in [6, 6.07) is 92.4. The monoisotopic (exact) mass is 831 g/mol. The summed E-state index contributed by atoms with van der Waals surface area (Å²) < 4.78 is 7.39. The van der Waals surface area contributed by atoms with Gasteiger partial charge in [-0.1, -0.05) is 182 Å². The van der Waals surface area contributed by atoms with Gasteiger partial charge in [0.25, 0.3) is 0 Å². The summed E-state index contributed by atoms with van der Waals surface area (Å²) in [5.74, 6) is 0. The van der Waals surface area contributed by atoms with Crippen molar-refractivity contribution < 1.29 is 0 Å². The molecule has 0 aliphatic heterocycles. The van der Waals surface area contributed by atoms with Crippen molar-refractivity contribution in [1.82, 2.24) is 13.7 Å². The first-order valence-electron chi connectivity index (χ1n) is 22.1. The maximum atomic E-state index is 2.54. The van der Waals surface area contributed by atoms with Crippen molar-refractivity contribution in [2.24, 2.45) is 0 Å². The Bertz CT molecular complexity index is 3730. The van der Waals surface area contributed by atoms with Crippen LogP contribution in [0.4, 0.5) is 0 Å². The lowest BCUT2D eigenvalue weighted by molar-refractivity contribution is 1.15. The molecule has 0 fully saturated rings. The van der Waals surface area contributed by atoms with Crippen molar-refractivity contribution in [2.45, 2.75) is 0 Å². The Balaban J connectivity index is 1.18. The highest BCUT2D eigenvalue weighted by atomic mass is 28.3. The zero-order valence-electron chi connectivity index (χ0n) is 35.0. The van der Waals surface area contributed by atoms with E-state index in [9.17, 15) is 0 Å². The summed E-state index contributed by atoms with van der Waals surface area (Å²) in [6.07, 6.45) is 0. The highest BCUT2D eigenvalue weighted by Gasteiger charge is 2.43. The smallest absolute Gasteiger partial charge is 0.180 e. The predicted octanol–water partition coefficient (Wildman–Crippen LogP) is 12.4. The van der Waals surface area contributed by atoms with Gasteiger partial charge in [0.2, 0.25) is 0 Å². The van der Waals surface area contributed by atoms with E-state index in [0.29, 0.717) is 0 Å². The molecule has 0 N–H and O–H groups in total. The molecule has 0 aliphatic rings. The van der Waals surface area contributed by atoms with Crippen LogP contribution in [-0.4, -0.2) is 21.8 Å². The largest absolute Gasteiger partial charge is 0.309 e. The minimum atomic E-state index is -2.94. The second-order valence-corrected chi connectivity index (χ2v) is 20.6. The average Bonchev–Trinajstić information content (AvgIpc) is 4.01. The van der Waals surface area contributed by atoms with E-state index >= 15 is 0 Å². The molecule has 10 aromatic carbocycles. The molecule has 0 aliphatic carbocycles. The molecule has 0 saturated carbocycles. The minimum Gasteiger partial charge on any atom is -0.309 e. The topological polar surface area (TPSA) is 14.8 Å². The van der Waals surface area contributed by atoms with Gasteiger partial charge in [-0.25, -0.2) is 0 Å². The third-order valence-electron chi connectivity index (χ3n) is 13.6. The number of aromatic nitrogens is 3. The van der Waals surface area contributed by atoms with Gasteiger partial charge in [0, 0.05) is 49.4 Å². The Hall–Kier alpha value is -8.18. The molecule has 4 heteroatoms. The first kappa shape index (κ1) is 36.5. The number of hydrogen-bond acceptors (Lipinski definition) is 0. The van der Waals surface area contributed by atoms with Crippen molar-refractivity contribution in [1.29, 1.82) is 0 Å². The van der Waals surface area contributed by atoms with Crippen LogP contribution in [0.25, 0.3) is 82.5 Å². The lowest BCUT2D eigenvalue weighted by Gasteiger charge is -2.35. The van der Waals surface area contributed by atoms with Crippen molar-refractivity contribution in [3.8, 4) is 17.1 Å². The average molecular weight is 832 g/mol. The normalized spacial score (nSPS) is 12.1. The van der Waals surface area contributed by atoms with Crippen LogP contribution in [0.1, 0.15) is 0 Å². The molecule has 0 atom stereocenters. The highest BCUT2D eigenvalue weighted by molar-refractivity contribution is 7.20. The molecular weight excluding hydrogens is 791 g/mol. The van der Waals surface area contributed by atoms with Crippen molar-refractivity contribution >= 4 is 94.2 Å². The Morgan fingerprint density at radius 3 is 1.20 bits per heavy atom. The first-order valence-corrected chi connectivity index (χ1v) is 24.1. The van der Waals surface area contributed by atoms with Crippen LogP contribution in [0, 0.1) is 0 Å². The van der Waals surface area contributed by atoms with Crippen molar-refractivity contribution in [3.05, 3.63) is 249 Å². The zero-order chi connectivity index (χ0) is 42.2. The summed E-state index contributed by atoms with van der Waals surface area (Å²) in [5.41, 5.74) is 10.6. The maximum Gasteiger partial charge on any atom is 0.180 e. The summed E-state index contributed by atoms with van der Waals surface area (Å²) in [4.78, 5) is 0. The molecule has 0 spiro atoms.